The zero-order chi connectivity index (χ0) is 8.48. The van der Waals surface area contributed by atoms with Gasteiger partial charge in [0.2, 0.25) is 5.79 Å². The lowest BCUT2D eigenvalue weighted by Gasteiger charge is -2.19. The van der Waals surface area contributed by atoms with Crippen molar-refractivity contribution in [1.29, 1.82) is 0 Å². The van der Waals surface area contributed by atoms with Crippen LogP contribution in [-0.2, 0) is 9.47 Å². The quantitative estimate of drug-likeness (QED) is 0.595. The van der Waals surface area contributed by atoms with Crippen LogP contribution in [0.1, 0.15) is 13.8 Å². The molecule has 1 aliphatic heterocycles. The molecule has 1 atom stereocenters. The molecule has 11 heavy (non-hydrogen) atoms. The fourth-order valence-corrected chi connectivity index (χ4v) is 0.768. The van der Waals surface area contributed by atoms with Gasteiger partial charge in [-0.25, -0.2) is 0 Å². The molecular weight excluding hydrogens is 148 g/mol. The van der Waals surface area contributed by atoms with E-state index in [4.69, 9.17) is 19.7 Å². The highest BCUT2D eigenvalue weighted by atomic mass is 16.7. The summed E-state index contributed by atoms with van der Waals surface area (Å²) >= 11 is 0. The summed E-state index contributed by atoms with van der Waals surface area (Å²) in [5.41, 5.74) is 0. The summed E-state index contributed by atoms with van der Waals surface area (Å²) in [5, 5.41) is 17.6. The Kier molecular flexibility index (Phi) is 2.06. The molecule has 1 aliphatic rings. The molecule has 0 saturated heterocycles. The third-order valence-electron chi connectivity index (χ3n) is 1.32. The Balaban J connectivity index is 2.52. The summed E-state index contributed by atoms with van der Waals surface area (Å²) in [7, 11) is 0. The Labute approximate surface area is 65.0 Å². The predicted octanol–water partition coefficient (Wildman–Crippen LogP) is -0.0361. The van der Waals surface area contributed by atoms with E-state index in [0.29, 0.717) is 0 Å². The molecule has 0 bridgehead atoms. The fraction of sp³-hybridized carbons (Fsp3) is 0.714. The van der Waals surface area contributed by atoms with Crippen LogP contribution < -0.4 is 0 Å². The molecular formula is C7H12O4. The van der Waals surface area contributed by atoms with E-state index >= 15 is 0 Å². The van der Waals surface area contributed by atoms with Crippen molar-refractivity contribution in [3.8, 4) is 0 Å². The third-order valence-corrected chi connectivity index (χ3v) is 1.32. The number of hydrogen-bond acceptors (Lipinski definition) is 4. The second kappa shape index (κ2) is 2.71. The second-order valence-electron chi connectivity index (χ2n) is 2.84. The van der Waals surface area contributed by atoms with Crippen LogP contribution in [0.4, 0.5) is 0 Å². The minimum atomic E-state index is -0.975. The van der Waals surface area contributed by atoms with Gasteiger partial charge >= 0.3 is 0 Å². The van der Waals surface area contributed by atoms with Crippen molar-refractivity contribution in [2.24, 2.45) is 0 Å². The summed E-state index contributed by atoms with van der Waals surface area (Å²) in [6.45, 7) is 3.09. The lowest BCUT2D eigenvalue weighted by molar-refractivity contribution is -0.126. The van der Waals surface area contributed by atoms with Gasteiger partial charge < -0.3 is 19.7 Å². The van der Waals surface area contributed by atoms with Gasteiger partial charge in [-0.15, -0.1) is 0 Å². The van der Waals surface area contributed by atoms with Crippen molar-refractivity contribution in [1.82, 2.24) is 0 Å². The smallest absolute Gasteiger partial charge is 0.244 e. The maximum atomic E-state index is 9.07. The van der Waals surface area contributed by atoms with Gasteiger partial charge in [-0.3, -0.25) is 0 Å². The summed E-state index contributed by atoms with van der Waals surface area (Å²) < 4.78 is 10.2. The first-order valence-electron chi connectivity index (χ1n) is 3.41. The molecule has 0 amide bonds. The zero-order valence-electron chi connectivity index (χ0n) is 6.57. The van der Waals surface area contributed by atoms with Gasteiger partial charge in [0.15, 0.2) is 5.76 Å². The Hall–Kier alpha value is -0.740. The van der Waals surface area contributed by atoms with Crippen molar-refractivity contribution in [2.45, 2.75) is 25.7 Å². The Morgan fingerprint density at radius 1 is 1.64 bits per heavy atom. The van der Waals surface area contributed by atoms with Gasteiger partial charge in [0, 0.05) is 13.8 Å². The van der Waals surface area contributed by atoms with E-state index in [1.54, 1.807) is 13.8 Å². The molecule has 1 rings (SSSR count). The number of rotatable bonds is 2. The molecule has 64 valence electrons. The predicted molar refractivity (Wildman–Crippen MR) is 37.4 cm³/mol. The monoisotopic (exact) mass is 160 g/mol. The van der Waals surface area contributed by atoms with E-state index in [2.05, 4.69) is 0 Å². The van der Waals surface area contributed by atoms with E-state index in [0.717, 1.165) is 0 Å². The fourth-order valence-electron chi connectivity index (χ4n) is 0.768. The first-order chi connectivity index (χ1) is 5.05. The van der Waals surface area contributed by atoms with Crippen LogP contribution in [0.25, 0.3) is 0 Å². The molecule has 4 nitrogen and oxygen atoms in total. The Morgan fingerprint density at radius 2 is 2.27 bits per heavy atom. The van der Waals surface area contributed by atoms with Crippen LogP contribution in [0.15, 0.2) is 12.0 Å². The van der Waals surface area contributed by atoms with Crippen molar-refractivity contribution < 1.29 is 19.7 Å². The van der Waals surface area contributed by atoms with Gasteiger partial charge in [-0.1, -0.05) is 0 Å². The van der Waals surface area contributed by atoms with E-state index in [9.17, 15) is 0 Å². The molecule has 0 aliphatic carbocycles. The van der Waals surface area contributed by atoms with Crippen molar-refractivity contribution >= 4 is 0 Å². The van der Waals surface area contributed by atoms with Gasteiger partial charge in [0.1, 0.15) is 12.4 Å². The number of ether oxygens (including phenoxy) is 2. The SMILES string of the molecule is CC1(C)OC=C(C(O)CO)O1. The minimum Gasteiger partial charge on any atom is -0.457 e. The van der Waals surface area contributed by atoms with Crippen molar-refractivity contribution in [3.05, 3.63) is 12.0 Å². The summed E-state index contributed by atoms with van der Waals surface area (Å²) in [5.74, 6) is -0.441. The maximum absolute atomic E-state index is 9.07. The van der Waals surface area contributed by atoms with E-state index in [-0.39, 0.29) is 12.4 Å². The Bertz CT molecular complexity index is 173. The molecule has 2 N–H and O–H groups in total. The standard InChI is InChI=1S/C7H12O4/c1-7(2)10-4-6(11-7)5(9)3-8/h4-5,8-9H,3H2,1-2H3. The normalized spacial score (nSPS) is 23.5. The number of hydrogen-bond donors (Lipinski definition) is 2. The average molecular weight is 160 g/mol. The first-order valence-corrected chi connectivity index (χ1v) is 3.41. The number of aliphatic hydroxyl groups excluding tert-OH is 2. The van der Waals surface area contributed by atoms with Gasteiger partial charge in [-0.2, -0.15) is 0 Å². The lowest BCUT2D eigenvalue weighted by atomic mass is 10.3. The maximum Gasteiger partial charge on any atom is 0.244 e. The topological polar surface area (TPSA) is 58.9 Å². The van der Waals surface area contributed by atoms with Gasteiger partial charge in [-0.05, 0) is 0 Å². The molecule has 0 fully saturated rings. The zero-order valence-corrected chi connectivity index (χ0v) is 6.57. The third kappa shape index (κ3) is 1.85. The van der Waals surface area contributed by atoms with Gasteiger partial charge in [0.05, 0.1) is 6.61 Å². The number of aliphatic hydroxyl groups is 2. The van der Waals surface area contributed by atoms with Crippen LogP contribution in [-0.4, -0.2) is 28.7 Å². The molecule has 0 aromatic heterocycles. The summed E-state index contributed by atoms with van der Waals surface area (Å²) in [6.07, 6.45) is 0.345. The molecule has 0 saturated carbocycles. The minimum absolute atomic E-state index is 0.275. The summed E-state index contributed by atoms with van der Waals surface area (Å²) in [6, 6.07) is 0. The molecule has 0 aromatic carbocycles. The molecule has 0 radical (unpaired) electrons. The molecule has 4 heteroatoms. The van der Waals surface area contributed by atoms with Crippen molar-refractivity contribution in [3.63, 3.8) is 0 Å². The second-order valence-corrected chi connectivity index (χ2v) is 2.84. The first kappa shape index (κ1) is 8.36. The molecule has 1 heterocycles. The van der Waals surface area contributed by atoms with Crippen LogP contribution in [0.5, 0.6) is 0 Å². The highest BCUT2D eigenvalue weighted by molar-refractivity contribution is 5.01. The lowest BCUT2D eigenvalue weighted by Crippen LogP contribution is -2.24. The van der Waals surface area contributed by atoms with Gasteiger partial charge in [0.25, 0.3) is 0 Å². The Morgan fingerprint density at radius 3 is 2.64 bits per heavy atom. The van der Waals surface area contributed by atoms with E-state index in [1.807, 2.05) is 0 Å². The van der Waals surface area contributed by atoms with Crippen molar-refractivity contribution in [2.75, 3.05) is 6.61 Å². The molecule has 1 unspecified atom stereocenters. The highest BCUT2D eigenvalue weighted by Crippen LogP contribution is 2.25. The van der Waals surface area contributed by atoms with Crippen LogP contribution >= 0.6 is 0 Å². The van der Waals surface area contributed by atoms with Crippen LogP contribution in [0, 0.1) is 0 Å². The molecule has 0 aromatic rings. The molecule has 0 spiro atoms. The van der Waals surface area contributed by atoms with E-state index < -0.39 is 11.9 Å². The highest BCUT2D eigenvalue weighted by Gasteiger charge is 2.30. The van der Waals surface area contributed by atoms with Crippen LogP contribution in [0.3, 0.4) is 0 Å². The van der Waals surface area contributed by atoms with E-state index in [1.165, 1.54) is 6.26 Å². The largest absolute Gasteiger partial charge is 0.457 e. The average Bonchev–Trinajstić information content (AvgIpc) is 2.29. The summed E-state index contributed by atoms with van der Waals surface area (Å²) in [4.78, 5) is 0. The van der Waals surface area contributed by atoms with Crippen LogP contribution in [0.2, 0.25) is 0 Å².